The number of carbonyl (C=O) groups is 6. The molecule has 2 aromatic heterocycles. The number of hydrogen-bond donors (Lipinski definition) is 2. The van der Waals surface area contributed by atoms with E-state index in [0.29, 0.717) is 22.5 Å². The van der Waals surface area contributed by atoms with E-state index in [2.05, 4.69) is 20.6 Å². The van der Waals surface area contributed by atoms with E-state index >= 15 is 0 Å². The van der Waals surface area contributed by atoms with Crippen molar-refractivity contribution in [1.29, 1.82) is 0 Å². The van der Waals surface area contributed by atoms with Crippen LogP contribution in [0, 0.1) is 0 Å². The summed E-state index contributed by atoms with van der Waals surface area (Å²) in [7, 11) is 0. The van der Waals surface area contributed by atoms with Gasteiger partial charge in [-0.3, -0.25) is 28.8 Å². The van der Waals surface area contributed by atoms with Gasteiger partial charge in [0.05, 0.1) is 38.7 Å². The van der Waals surface area contributed by atoms with Gasteiger partial charge in [-0.25, -0.2) is 9.36 Å². The Bertz CT molecular complexity index is 2000. The van der Waals surface area contributed by atoms with Crippen LogP contribution in [0.2, 0.25) is 0 Å². The van der Waals surface area contributed by atoms with Gasteiger partial charge in [-0.1, -0.05) is 34.7 Å². The van der Waals surface area contributed by atoms with E-state index in [1.807, 2.05) is 0 Å². The average molecular weight is 869 g/mol. The summed E-state index contributed by atoms with van der Waals surface area (Å²) in [6.45, 7) is 5.13. The zero-order valence-corrected chi connectivity index (χ0v) is 34.8. The summed E-state index contributed by atoms with van der Waals surface area (Å²) in [5.74, 6) is -3.52. The van der Waals surface area contributed by atoms with Crippen LogP contribution in [0.3, 0.4) is 0 Å². The molecule has 4 heterocycles. The Morgan fingerprint density at radius 2 is 0.968 bits per heavy atom. The lowest BCUT2D eigenvalue weighted by Gasteiger charge is -2.33. The fraction of sp³-hybridized carbons (Fsp3) is 0.500. The normalized spacial score (nSPS) is 22.8. The largest absolute Gasteiger partial charge is 0.463 e. The molecule has 0 spiro atoms. The standard InChI is InChI=1S/C40H48N6O16/c1-23(47)39(53,21-57-37-13-11-33(59-27(5)51)35(61-37)17-55-25(3)49)19-45-15-31(41-43-45)29-7-9-30(10-8-29)32-16-46(44-42-32)20-40(54,24(2)48)22-58-38-14-12-34(60-28(6)52)36(62-38)18-56-26(4)50/h7-16,33-38,53-54H,17-22H2,1-6H3/t33-,34-,35+,36+,37-,38-,39?,40?/m0/s1. The summed E-state index contributed by atoms with van der Waals surface area (Å²) < 4.78 is 46.0. The van der Waals surface area contributed by atoms with Crippen molar-refractivity contribution in [3.8, 4) is 22.5 Å². The van der Waals surface area contributed by atoms with Crippen molar-refractivity contribution < 1.29 is 76.9 Å². The summed E-state index contributed by atoms with van der Waals surface area (Å²) in [6, 6.07) is 6.96. The van der Waals surface area contributed by atoms with Crippen LogP contribution in [0.25, 0.3) is 22.5 Å². The third-order valence-electron chi connectivity index (χ3n) is 9.46. The lowest BCUT2D eigenvalue weighted by Crippen LogP contribution is -2.48. The highest BCUT2D eigenvalue weighted by Gasteiger charge is 2.39. The van der Waals surface area contributed by atoms with Crippen LogP contribution in [0.5, 0.6) is 0 Å². The SMILES string of the molecule is CC(=O)OC[C@H]1O[C@H](OCC(O)(Cn2cc(-c3ccc(-c4cn(CC(O)(CO[C@@H]5C=C[C@H](OC(C)=O)[C@@H](COC(C)=O)O5)C(C)=O)nn4)cc3)nn2)C(C)=O)C=C[C@@H]1OC(C)=O. The fourth-order valence-corrected chi connectivity index (χ4v) is 6.03. The van der Waals surface area contributed by atoms with Crippen LogP contribution in [0.4, 0.5) is 0 Å². The Hall–Kier alpha value is -6.04. The number of hydrogen-bond acceptors (Lipinski definition) is 20. The minimum absolute atomic E-state index is 0.234. The number of nitrogens with zero attached hydrogens (tertiary/aromatic N) is 6. The summed E-state index contributed by atoms with van der Waals surface area (Å²) in [5.41, 5.74) is -2.01. The molecule has 2 unspecified atom stereocenters. The maximum atomic E-state index is 12.7. The van der Waals surface area contributed by atoms with Gasteiger partial charge >= 0.3 is 23.9 Å². The first-order valence-corrected chi connectivity index (χ1v) is 19.2. The number of esters is 4. The van der Waals surface area contributed by atoms with Crippen molar-refractivity contribution in [3.63, 3.8) is 0 Å². The van der Waals surface area contributed by atoms with Crippen molar-refractivity contribution >= 4 is 35.4 Å². The molecular formula is C40H48N6O16. The number of ketones is 2. The fourth-order valence-electron chi connectivity index (χ4n) is 6.03. The van der Waals surface area contributed by atoms with Gasteiger partial charge in [-0.2, -0.15) is 0 Å². The van der Waals surface area contributed by atoms with E-state index in [4.69, 9.17) is 37.9 Å². The molecule has 62 heavy (non-hydrogen) atoms. The van der Waals surface area contributed by atoms with Gasteiger partial charge < -0.3 is 48.1 Å². The van der Waals surface area contributed by atoms with Crippen molar-refractivity contribution in [3.05, 3.63) is 61.0 Å². The minimum Gasteiger partial charge on any atom is -0.463 e. The topological polar surface area (TPSA) is 278 Å². The second kappa shape index (κ2) is 20.7. The van der Waals surface area contributed by atoms with Crippen molar-refractivity contribution in [1.82, 2.24) is 30.0 Å². The molecule has 2 aliphatic heterocycles. The molecule has 2 aliphatic rings. The van der Waals surface area contributed by atoms with Crippen LogP contribution in [0.15, 0.2) is 61.0 Å². The van der Waals surface area contributed by atoms with Gasteiger partial charge in [-0.15, -0.1) is 10.2 Å². The summed E-state index contributed by atoms with van der Waals surface area (Å²) in [5, 5.41) is 39.2. The average Bonchev–Trinajstić information content (AvgIpc) is 3.88. The Labute approximate surface area is 354 Å². The zero-order valence-electron chi connectivity index (χ0n) is 34.8. The molecule has 334 valence electrons. The second-order valence-electron chi connectivity index (χ2n) is 14.6. The molecule has 2 N–H and O–H groups in total. The van der Waals surface area contributed by atoms with Crippen LogP contribution < -0.4 is 0 Å². The predicted molar refractivity (Wildman–Crippen MR) is 208 cm³/mol. The maximum absolute atomic E-state index is 12.7. The molecule has 5 rings (SSSR count). The second-order valence-corrected chi connectivity index (χ2v) is 14.6. The molecule has 0 radical (unpaired) electrons. The van der Waals surface area contributed by atoms with Crippen LogP contribution >= 0.6 is 0 Å². The zero-order chi connectivity index (χ0) is 45.2. The molecule has 0 saturated carbocycles. The van der Waals surface area contributed by atoms with Crippen molar-refractivity contribution in [2.24, 2.45) is 0 Å². The maximum Gasteiger partial charge on any atom is 0.303 e. The first-order chi connectivity index (χ1) is 29.3. The van der Waals surface area contributed by atoms with E-state index in [0.717, 1.165) is 0 Å². The highest BCUT2D eigenvalue weighted by atomic mass is 16.7. The van der Waals surface area contributed by atoms with E-state index in [-0.39, 0.29) is 26.3 Å². The number of carbonyl (C=O) groups excluding carboxylic acids is 6. The molecule has 8 atom stereocenters. The van der Waals surface area contributed by atoms with Gasteiger partial charge in [0.2, 0.25) is 0 Å². The molecule has 0 saturated heterocycles. The Morgan fingerprint density at radius 3 is 1.29 bits per heavy atom. The highest BCUT2D eigenvalue weighted by Crippen LogP contribution is 2.25. The molecule has 0 fully saturated rings. The monoisotopic (exact) mass is 868 g/mol. The first kappa shape index (κ1) is 47.0. The lowest BCUT2D eigenvalue weighted by atomic mass is 10.0. The van der Waals surface area contributed by atoms with Gasteiger partial charge in [0.1, 0.15) is 49.0 Å². The molecule has 1 aromatic carbocycles. The Kier molecular flexibility index (Phi) is 15.7. The van der Waals surface area contributed by atoms with Gasteiger partial charge in [0.25, 0.3) is 0 Å². The summed E-state index contributed by atoms with van der Waals surface area (Å²) >= 11 is 0. The van der Waals surface area contributed by atoms with E-state index < -0.39 is 96.9 Å². The minimum atomic E-state index is -2.05. The smallest absolute Gasteiger partial charge is 0.303 e. The number of ether oxygens (including phenoxy) is 8. The molecule has 0 amide bonds. The van der Waals surface area contributed by atoms with E-state index in [1.165, 1.54) is 87.6 Å². The molecule has 3 aromatic rings. The number of Topliss-reactive ketones (excluding diaryl/α,β-unsaturated/α-hetero) is 2. The van der Waals surface area contributed by atoms with Crippen LogP contribution in [-0.2, 0) is 79.8 Å². The van der Waals surface area contributed by atoms with Crippen LogP contribution in [0.1, 0.15) is 41.5 Å². The van der Waals surface area contributed by atoms with Gasteiger partial charge in [0.15, 0.2) is 35.3 Å². The first-order valence-electron chi connectivity index (χ1n) is 19.2. The third-order valence-corrected chi connectivity index (χ3v) is 9.46. The molecule has 22 heteroatoms. The predicted octanol–water partition coefficient (Wildman–Crippen LogP) is 0.429. The number of aliphatic hydroxyl groups is 2. The Balaban J connectivity index is 1.18. The van der Waals surface area contributed by atoms with E-state index in [9.17, 15) is 39.0 Å². The van der Waals surface area contributed by atoms with Crippen LogP contribution in [-0.4, -0.2) is 150 Å². The summed E-state index contributed by atoms with van der Waals surface area (Å²) in [6.07, 6.45) is 3.30. The van der Waals surface area contributed by atoms with E-state index in [1.54, 1.807) is 24.3 Å². The lowest BCUT2D eigenvalue weighted by molar-refractivity contribution is -0.211. The Morgan fingerprint density at radius 1 is 0.597 bits per heavy atom. The molecule has 22 nitrogen and oxygen atoms in total. The van der Waals surface area contributed by atoms with Gasteiger partial charge in [0, 0.05) is 38.8 Å². The molecule has 0 bridgehead atoms. The molecule has 0 aliphatic carbocycles. The van der Waals surface area contributed by atoms with Gasteiger partial charge in [-0.05, 0) is 38.2 Å². The van der Waals surface area contributed by atoms with Crippen molar-refractivity contribution in [2.75, 3.05) is 26.4 Å². The highest BCUT2D eigenvalue weighted by molar-refractivity contribution is 5.85. The summed E-state index contributed by atoms with van der Waals surface area (Å²) in [4.78, 5) is 71.1. The number of rotatable bonds is 20. The van der Waals surface area contributed by atoms with Crippen molar-refractivity contribution in [2.45, 2.75) is 103 Å². The third kappa shape index (κ3) is 13.0. The molecular weight excluding hydrogens is 820 g/mol. The number of benzene rings is 1. The quantitative estimate of drug-likeness (QED) is 0.0885. The number of aromatic nitrogens is 6.